The zero-order valence-corrected chi connectivity index (χ0v) is 53.1. The van der Waals surface area contributed by atoms with Gasteiger partial charge in [0, 0.05) is 76.3 Å². The SMILES string of the molecule is CC(C)(C)OC(=O)NC[C@@H]1CCN(CC(c2ccccc2)c2ccccc2)C(=O)[C@H](CCCNC(=O)OCc2ccccc2)N1.CC(C)(C)OC(=O)NC[C@H]1CCN(CC(c2ccccc2)c2ccccc2)C(=O)[C@H](CCCNC(=O)OCc2ccccc2)N1. The molecule has 0 bridgehead atoms. The fourth-order valence-electron chi connectivity index (χ4n) is 10.8. The molecule has 2 saturated heterocycles. The van der Waals surface area contributed by atoms with Gasteiger partial charge in [0.2, 0.25) is 11.8 Å². The lowest BCUT2D eigenvalue weighted by Crippen LogP contribution is -2.49. The second kappa shape index (κ2) is 35.5. The summed E-state index contributed by atoms with van der Waals surface area (Å²) in [4.78, 5) is 81.2. The summed E-state index contributed by atoms with van der Waals surface area (Å²) in [7, 11) is 0. The van der Waals surface area contributed by atoms with Crippen molar-refractivity contribution in [2.45, 2.75) is 140 Å². The summed E-state index contributed by atoms with van der Waals surface area (Å²) in [5, 5.41) is 18.3. The maximum Gasteiger partial charge on any atom is 0.407 e. The highest BCUT2D eigenvalue weighted by Crippen LogP contribution is 2.29. The van der Waals surface area contributed by atoms with Crippen LogP contribution in [0.15, 0.2) is 182 Å². The van der Waals surface area contributed by atoms with E-state index in [0.29, 0.717) is 90.9 Å². The van der Waals surface area contributed by atoms with Crippen LogP contribution in [0.1, 0.15) is 125 Å². The van der Waals surface area contributed by atoms with E-state index in [9.17, 15) is 28.8 Å². The maximum absolute atomic E-state index is 14.0. The number of hydrogen-bond donors (Lipinski definition) is 6. The van der Waals surface area contributed by atoms with E-state index in [-0.39, 0.29) is 48.9 Å². The van der Waals surface area contributed by atoms with E-state index in [1.165, 1.54) is 0 Å². The van der Waals surface area contributed by atoms with E-state index >= 15 is 0 Å². The first-order valence-corrected chi connectivity index (χ1v) is 31.5. The number of carbonyl (C=O) groups excluding carboxylic acids is 6. The Morgan fingerprint density at radius 2 is 0.744 bits per heavy atom. The van der Waals surface area contributed by atoms with Gasteiger partial charge < -0.3 is 60.6 Å². The molecule has 4 atom stereocenters. The van der Waals surface area contributed by atoms with Crippen LogP contribution in [0.5, 0.6) is 0 Å². The number of ether oxygens (including phenoxy) is 4. The normalized spacial score (nSPS) is 17.0. The van der Waals surface area contributed by atoms with E-state index in [4.69, 9.17) is 18.9 Å². The number of rotatable bonds is 24. The summed E-state index contributed by atoms with van der Waals surface area (Å²) in [5.74, 6) is 0.0422. The minimum atomic E-state index is -0.602. The van der Waals surface area contributed by atoms with Crippen LogP contribution in [0.3, 0.4) is 0 Å². The summed E-state index contributed by atoms with van der Waals surface area (Å²) < 4.78 is 21.5. The number of benzene rings is 6. The van der Waals surface area contributed by atoms with Crippen molar-refractivity contribution in [1.29, 1.82) is 0 Å². The molecule has 18 heteroatoms. The molecule has 6 amide bonds. The van der Waals surface area contributed by atoms with E-state index in [1.54, 1.807) is 0 Å². The van der Waals surface area contributed by atoms with Crippen LogP contribution in [0.2, 0.25) is 0 Å². The van der Waals surface area contributed by atoms with Gasteiger partial charge in [0.05, 0.1) is 12.1 Å². The van der Waals surface area contributed by atoms with Crippen LogP contribution in [-0.2, 0) is 41.8 Å². The average molecular weight is 1230 g/mol. The quantitative estimate of drug-likeness (QED) is 0.0246. The van der Waals surface area contributed by atoms with E-state index in [1.807, 2.05) is 185 Å². The number of amides is 6. The standard InChI is InChI=1S/2C36H46N4O5/c2*1-36(2,3)45-35(43)38-24-30-21-23-40(25-31(28-16-9-5-10-17-28)29-18-11-6-12-19-29)33(41)32(39-30)20-13-22-37-34(42)44-26-27-14-7-4-8-15-27/h2*4-12,14-19,30-32,39H,13,20-26H2,1-3H3,(H,37,42)(H,38,43)/t30-,32+;30-,32-/m10/s1. The molecule has 2 aliphatic rings. The number of alkyl carbamates (subject to hydrolysis) is 4. The van der Waals surface area contributed by atoms with Crippen molar-refractivity contribution in [2.75, 3.05) is 52.4 Å². The monoisotopic (exact) mass is 1230 g/mol. The third kappa shape index (κ3) is 24.3. The van der Waals surface area contributed by atoms with Gasteiger partial charge >= 0.3 is 24.4 Å². The van der Waals surface area contributed by atoms with Gasteiger partial charge in [-0.05, 0) is 113 Å². The topological polar surface area (TPSA) is 218 Å². The van der Waals surface area contributed by atoms with Crippen LogP contribution in [-0.4, -0.2) is 134 Å². The van der Waals surface area contributed by atoms with E-state index in [2.05, 4.69) is 80.4 Å². The first kappa shape index (κ1) is 68.7. The highest BCUT2D eigenvalue weighted by atomic mass is 16.6. The Hall–Kier alpha value is -8.74. The summed E-state index contributed by atoms with van der Waals surface area (Å²) >= 11 is 0. The summed E-state index contributed by atoms with van der Waals surface area (Å²) in [6.45, 7) is 14.9. The molecule has 0 aliphatic carbocycles. The van der Waals surface area contributed by atoms with E-state index in [0.717, 1.165) is 33.4 Å². The number of hydrogen-bond acceptors (Lipinski definition) is 12. The zero-order chi connectivity index (χ0) is 64.1. The van der Waals surface area contributed by atoms with Gasteiger partial charge in [-0.1, -0.05) is 182 Å². The minimum absolute atomic E-state index is 0.00879. The van der Waals surface area contributed by atoms with Gasteiger partial charge in [-0.2, -0.15) is 0 Å². The van der Waals surface area contributed by atoms with Gasteiger partial charge in [-0.15, -0.1) is 0 Å². The highest BCUT2D eigenvalue weighted by molar-refractivity contribution is 5.83. The number of nitrogens with one attached hydrogen (secondary N) is 6. The van der Waals surface area contributed by atoms with Crippen LogP contribution >= 0.6 is 0 Å². The molecule has 2 aliphatic heterocycles. The molecule has 2 fully saturated rings. The third-order valence-corrected chi connectivity index (χ3v) is 15.3. The Bertz CT molecular complexity index is 2830. The molecule has 0 radical (unpaired) electrons. The largest absolute Gasteiger partial charge is 0.445 e. The number of carbonyl (C=O) groups is 6. The molecule has 90 heavy (non-hydrogen) atoms. The summed E-state index contributed by atoms with van der Waals surface area (Å²) in [6, 6.07) is 58.8. The molecule has 6 N–H and O–H groups in total. The van der Waals surface area contributed by atoms with Gasteiger partial charge in [-0.3, -0.25) is 9.59 Å². The molecule has 0 spiro atoms. The van der Waals surface area contributed by atoms with Gasteiger partial charge in [0.1, 0.15) is 24.4 Å². The number of nitrogens with zero attached hydrogens (tertiary/aromatic N) is 2. The molecular weight excluding hydrogens is 1140 g/mol. The van der Waals surface area contributed by atoms with E-state index < -0.39 is 47.7 Å². The smallest absolute Gasteiger partial charge is 0.407 e. The lowest BCUT2D eigenvalue weighted by Gasteiger charge is -2.29. The first-order chi connectivity index (χ1) is 43.4. The lowest BCUT2D eigenvalue weighted by molar-refractivity contribution is -0.133. The Kier molecular flexibility index (Phi) is 27.1. The summed E-state index contributed by atoms with van der Waals surface area (Å²) in [6.07, 6.45) is 1.55. The van der Waals surface area contributed by atoms with Gasteiger partial charge in [0.25, 0.3) is 0 Å². The zero-order valence-electron chi connectivity index (χ0n) is 53.1. The van der Waals surface area contributed by atoms with Crippen molar-refractivity contribution in [2.24, 2.45) is 0 Å². The van der Waals surface area contributed by atoms with Crippen LogP contribution in [0.4, 0.5) is 19.2 Å². The van der Waals surface area contributed by atoms with Gasteiger partial charge in [-0.25, -0.2) is 19.2 Å². The fourth-order valence-corrected chi connectivity index (χ4v) is 10.8. The highest BCUT2D eigenvalue weighted by Gasteiger charge is 2.35. The molecular formula is C72H92N8O10. The van der Waals surface area contributed by atoms with Crippen molar-refractivity contribution in [3.63, 3.8) is 0 Å². The predicted octanol–water partition coefficient (Wildman–Crippen LogP) is 11.2. The Labute approximate surface area is 531 Å². The van der Waals surface area contributed by atoms with Crippen LogP contribution in [0, 0.1) is 0 Å². The second-order valence-electron chi connectivity index (χ2n) is 24.8. The molecule has 2 heterocycles. The fraction of sp³-hybridized carbons (Fsp3) is 0.417. The Morgan fingerprint density at radius 3 is 1.04 bits per heavy atom. The molecule has 8 rings (SSSR count). The molecule has 6 aromatic rings. The van der Waals surface area contributed by atoms with Crippen molar-refractivity contribution >= 4 is 36.2 Å². The second-order valence-corrected chi connectivity index (χ2v) is 24.8. The predicted molar refractivity (Wildman–Crippen MR) is 349 cm³/mol. The first-order valence-electron chi connectivity index (χ1n) is 31.5. The molecule has 0 aromatic heterocycles. The van der Waals surface area contributed by atoms with Crippen molar-refractivity contribution < 1.29 is 47.7 Å². The molecule has 6 aromatic carbocycles. The Morgan fingerprint density at radius 1 is 0.444 bits per heavy atom. The minimum Gasteiger partial charge on any atom is -0.445 e. The third-order valence-electron chi connectivity index (χ3n) is 15.3. The van der Waals surface area contributed by atoms with Crippen LogP contribution in [0.25, 0.3) is 0 Å². The molecule has 0 unspecified atom stereocenters. The molecule has 0 saturated carbocycles. The summed E-state index contributed by atoms with van der Waals surface area (Å²) in [5.41, 5.74) is 5.20. The maximum atomic E-state index is 14.0. The van der Waals surface area contributed by atoms with Gasteiger partial charge in [0.15, 0.2) is 0 Å². The van der Waals surface area contributed by atoms with Crippen LogP contribution < -0.4 is 31.9 Å². The Balaban J connectivity index is 0.000000256. The lowest BCUT2D eigenvalue weighted by atomic mass is 9.90. The molecule has 18 nitrogen and oxygen atoms in total. The van der Waals surface area contributed by atoms with Crippen molar-refractivity contribution in [1.82, 2.24) is 41.7 Å². The van der Waals surface area contributed by atoms with Crippen molar-refractivity contribution in [3.8, 4) is 0 Å². The van der Waals surface area contributed by atoms with Crippen molar-refractivity contribution in [3.05, 3.63) is 215 Å². The average Bonchev–Trinajstić information content (AvgIpc) is 2.98. The molecule has 480 valence electrons.